The molecule has 2 heterocycles. The summed E-state index contributed by atoms with van der Waals surface area (Å²) in [5.74, 6) is -1.84. The fraction of sp³-hybridized carbons (Fsp3) is 0.304. The Morgan fingerprint density at radius 2 is 1.81 bits per heavy atom. The number of nitrogens with zero attached hydrogens (tertiary/aromatic N) is 2. The Bertz CT molecular complexity index is 1310. The monoisotopic (exact) mass is 545 g/mol. The SMILES string of the molecule is CC(=O)C1=NOC(NC(=O)c2ccc(C3=NO[C@@](c4cc(Cl)c(F)c(Cl)c4)(C(F)(F)F)C3)cc2C)C1. The largest absolute Gasteiger partial charge is 0.435 e. The first kappa shape index (κ1) is 25.9. The number of carbonyl (C=O) groups excluding carboxylic acids is 2. The minimum absolute atomic E-state index is 0.0439. The maximum atomic E-state index is 14.2. The summed E-state index contributed by atoms with van der Waals surface area (Å²) < 4.78 is 56.4. The number of oxime groups is 2. The summed E-state index contributed by atoms with van der Waals surface area (Å²) >= 11 is 11.4. The molecule has 0 spiro atoms. The molecule has 2 aromatic rings. The number of alkyl halides is 3. The topological polar surface area (TPSA) is 89.3 Å². The lowest BCUT2D eigenvalue weighted by atomic mass is 9.86. The fourth-order valence-corrected chi connectivity index (χ4v) is 4.32. The highest BCUT2D eigenvalue weighted by Gasteiger charge is 2.62. The van der Waals surface area contributed by atoms with Crippen molar-refractivity contribution in [2.24, 2.45) is 10.3 Å². The highest BCUT2D eigenvalue weighted by Crippen LogP contribution is 2.50. The molecular formula is C23H17Cl2F4N3O4. The van der Waals surface area contributed by atoms with Crippen LogP contribution in [0, 0.1) is 12.7 Å². The molecule has 2 aliphatic heterocycles. The number of carbonyl (C=O) groups is 2. The molecule has 1 amide bonds. The van der Waals surface area contributed by atoms with E-state index in [1.54, 1.807) is 6.92 Å². The van der Waals surface area contributed by atoms with Gasteiger partial charge in [-0.2, -0.15) is 13.2 Å². The smallest absolute Gasteiger partial charge is 0.374 e. The molecule has 2 aliphatic rings. The molecule has 190 valence electrons. The van der Waals surface area contributed by atoms with E-state index >= 15 is 0 Å². The van der Waals surface area contributed by atoms with E-state index in [1.807, 2.05) is 0 Å². The number of hydrogen-bond acceptors (Lipinski definition) is 6. The van der Waals surface area contributed by atoms with Gasteiger partial charge in [0.05, 0.1) is 22.2 Å². The van der Waals surface area contributed by atoms with Gasteiger partial charge < -0.3 is 15.0 Å². The maximum absolute atomic E-state index is 14.2. The van der Waals surface area contributed by atoms with Gasteiger partial charge in [0.15, 0.2) is 11.6 Å². The minimum atomic E-state index is -4.94. The Labute approximate surface area is 212 Å². The number of aryl methyl sites for hydroxylation is 1. The third-order valence-electron chi connectivity index (χ3n) is 5.81. The summed E-state index contributed by atoms with van der Waals surface area (Å²) in [5, 5.41) is 8.70. The molecule has 0 bridgehead atoms. The van der Waals surface area contributed by atoms with Crippen molar-refractivity contribution in [2.45, 2.75) is 44.7 Å². The van der Waals surface area contributed by atoms with Gasteiger partial charge in [0.2, 0.25) is 6.23 Å². The second-order valence-electron chi connectivity index (χ2n) is 8.28. The van der Waals surface area contributed by atoms with Gasteiger partial charge in [0, 0.05) is 24.5 Å². The van der Waals surface area contributed by atoms with E-state index in [-0.39, 0.29) is 34.8 Å². The molecule has 0 radical (unpaired) electrons. The number of rotatable bonds is 5. The number of benzene rings is 2. The van der Waals surface area contributed by atoms with Crippen LogP contribution in [0.15, 0.2) is 40.6 Å². The predicted octanol–water partition coefficient (Wildman–Crippen LogP) is 5.44. The van der Waals surface area contributed by atoms with Crippen LogP contribution in [0.4, 0.5) is 17.6 Å². The van der Waals surface area contributed by atoms with Crippen LogP contribution in [0.25, 0.3) is 0 Å². The number of hydrogen-bond donors (Lipinski definition) is 1. The van der Waals surface area contributed by atoms with Gasteiger partial charge in [-0.15, -0.1) is 0 Å². The lowest BCUT2D eigenvalue weighted by Gasteiger charge is -2.29. The molecule has 1 N–H and O–H groups in total. The van der Waals surface area contributed by atoms with Crippen molar-refractivity contribution in [1.29, 1.82) is 0 Å². The predicted molar refractivity (Wildman–Crippen MR) is 123 cm³/mol. The van der Waals surface area contributed by atoms with Crippen molar-refractivity contribution in [3.05, 3.63) is 68.4 Å². The zero-order chi connectivity index (χ0) is 26.4. The summed E-state index contributed by atoms with van der Waals surface area (Å²) in [7, 11) is 0. The molecule has 0 aliphatic carbocycles. The Morgan fingerprint density at radius 3 is 2.36 bits per heavy atom. The number of ketones is 1. The van der Waals surface area contributed by atoms with E-state index in [9.17, 15) is 27.2 Å². The molecule has 0 aromatic heterocycles. The first-order chi connectivity index (χ1) is 16.8. The summed E-state index contributed by atoms with van der Waals surface area (Å²) in [4.78, 5) is 34.0. The van der Waals surface area contributed by atoms with E-state index < -0.39 is 51.8 Å². The molecule has 13 heteroatoms. The summed E-state index contributed by atoms with van der Waals surface area (Å²) in [5.41, 5.74) is -2.31. The molecule has 0 saturated carbocycles. The maximum Gasteiger partial charge on any atom is 0.435 e. The first-order valence-electron chi connectivity index (χ1n) is 10.4. The van der Waals surface area contributed by atoms with Crippen LogP contribution in [0.1, 0.15) is 46.8 Å². The lowest BCUT2D eigenvalue weighted by Crippen LogP contribution is -2.42. The number of nitrogens with one attached hydrogen (secondary N) is 1. The second-order valence-corrected chi connectivity index (χ2v) is 9.09. The van der Waals surface area contributed by atoms with Crippen molar-refractivity contribution >= 4 is 46.3 Å². The second kappa shape index (κ2) is 9.36. The van der Waals surface area contributed by atoms with E-state index in [1.165, 1.54) is 25.1 Å². The lowest BCUT2D eigenvalue weighted by molar-refractivity contribution is -0.275. The van der Waals surface area contributed by atoms with Gasteiger partial charge in [-0.25, -0.2) is 4.39 Å². The summed E-state index contributed by atoms with van der Waals surface area (Å²) in [6.07, 6.45) is -6.38. The van der Waals surface area contributed by atoms with Crippen LogP contribution in [-0.4, -0.2) is 35.5 Å². The molecule has 2 atom stereocenters. The zero-order valence-corrected chi connectivity index (χ0v) is 20.2. The third-order valence-corrected chi connectivity index (χ3v) is 6.36. The van der Waals surface area contributed by atoms with E-state index in [4.69, 9.17) is 32.9 Å². The van der Waals surface area contributed by atoms with Crippen molar-refractivity contribution in [3.8, 4) is 0 Å². The van der Waals surface area contributed by atoms with Crippen molar-refractivity contribution in [3.63, 3.8) is 0 Å². The van der Waals surface area contributed by atoms with Crippen LogP contribution in [0.2, 0.25) is 10.0 Å². The molecule has 4 rings (SSSR count). The number of Topliss-reactive ketones (excluding diaryl/α,β-unsaturated/α-hetero) is 1. The third kappa shape index (κ3) is 4.64. The van der Waals surface area contributed by atoms with Crippen LogP contribution in [0.5, 0.6) is 0 Å². The average molecular weight is 546 g/mol. The first-order valence-corrected chi connectivity index (χ1v) is 11.2. The zero-order valence-electron chi connectivity index (χ0n) is 18.7. The molecule has 0 fully saturated rings. The van der Waals surface area contributed by atoms with Crippen molar-refractivity contribution in [2.75, 3.05) is 0 Å². The van der Waals surface area contributed by atoms with E-state index in [0.29, 0.717) is 5.56 Å². The molecule has 36 heavy (non-hydrogen) atoms. The minimum Gasteiger partial charge on any atom is -0.374 e. The van der Waals surface area contributed by atoms with Crippen molar-refractivity contribution < 1.29 is 36.8 Å². The van der Waals surface area contributed by atoms with Crippen LogP contribution >= 0.6 is 23.2 Å². The normalized spacial score (nSPS) is 21.4. The Balaban J connectivity index is 1.55. The van der Waals surface area contributed by atoms with Crippen LogP contribution in [-0.2, 0) is 20.1 Å². The molecule has 0 saturated heterocycles. The molecule has 1 unspecified atom stereocenters. The fourth-order valence-electron chi connectivity index (χ4n) is 3.83. The number of halogens is 6. The van der Waals surface area contributed by atoms with Crippen LogP contribution in [0.3, 0.4) is 0 Å². The van der Waals surface area contributed by atoms with Crippen molar-refractivity contribution in [1.82, 2.24) is 5.32 Å². The van der Waals surface area contributed by atoms with Gasteiger partial charge in [-0.05, 0) is 42.3 Å². The Hall–Kier alpha value is -3.18. The van der Waals surface area contributed by atoms with Gasteiger partial charge in [-0.3, -0.25) is 9.59 Å². The average Bonchev–Trinajstić information content (AvgIpc) is 3.45. The van der Waals surface area contributed by atoms with E-state index in [2.05, 4.69) is 15.6 Å². The molecular weight excluding hydrogens is 529 g/mol. The molecule has 7 nitrogen and oxygen atoms in total. The Kier molecular flexibility index (Phi) is 6.74. The number of amides is 1. The summed E-state index contributed by atoms with van der Waals surface area (Å²) in [6.45, 7) is 2.93. The van der Waals surface area contributed by atoms with Gasteiger partial charge in [0.1, 0.15) is 5.71 Å². The highest BCUT2D eigenvalue weighted by molar-refractivity contribution is 6.39. The Morgan fingerprint density at radius 1 is 1.14 bits per heavy atom. The van der Waals surface area contributed by atoms with Gasteiger partial charge in [-0.1, -0.05) is 39.6 Å². The summed E-state index contributed by atoms with van der Waals surface area (Å²) in [6, 6.07) is 5.94. The molecule has 2 aromatic carbocycles. The van der Waals surface area contributed by atoms with Gasteiger partial charge in [0.25, 0.3) is 11.5 Å². The van der Waals surface area contributed by atoms with Gasteiger partial charge >= 0.3 is 6.18 Å². The quantitative estimate of drug-likeness (QED) is 0.400. The highest BCUT2D eigenvalue weighted by atomic mass is 35.5. The van der Waals surface area contributed by atoms with E-state index in [0.717, 1.165) is 12.1 Å². The van der Waals surface area contributed by atoms with Crippen LogP contribution < -0.4 is 5.32 Å². The standard InChI is InChI=1S/C23H17Cl2F4N3O4/c1-10-5-12(3-4-14(10)21(34)30-19-8-17(11(2)33)31-35-19)18-9-22(36-32-18,23(27,28)29)13-6-15(24)20(26)16(25)7-13/h3-7,19H,8-9H2,1-2H3,(H,30,34)/t19?,22-/m0/s1.